The van der Waals surface area contributed by atoms with Gasteiger partial charge in [0.2, 0.25) is 11.8 Å². The van der Waals surface area contributed by atoms with Gasteiger partial charge in [-0.25, -0.2) is 8.42 Å². The molecule has 0 bridgehead atoms. The summed E-state index contributed by atoms with van der Waals surface area (Å²) in [6, 6.07) is 0.203. The van der Waals surface area contributed by atoms with E-state index in [1.54, 1.807) is 6.92 Å². The Morgan fingerprint density at radius 2 is 1.56 bits per heavy atom. The molecule has 3 aliphatic carbocycles. The Balaban J connectivity index is 1.31. The lowest BCUT2D eigenvalue weighted by Gasteiger charge is -2.55. The van der Waals surface area contributed by atoms with Crippen LogP contribution in [-0.2, 0) is 19.4 Å². The van der Waals surface area contributed by atoms with Crippen molar-refractivity contribution in [3.05, 3.63) is 0 Å². The molecule has 2 amide bonds. The van der Waals surface area contributed by atoms with Crippen LogP contribution in [0.3, 0.4) is 0 Å². The van der Waals surface area contributed by atoms with E-state index >= 15 is 0 Å². The maximum atomic E-state index is 14.0. The number of hydrogen-bond acceptors (Lipinski definition) is 6. The van der Waals surface area contributed by atoms with Gasteiger partial charge in [-0.1, -0.05) is 0 Å². The summed E-state index contributed by atoms with van der Waals surface area (Å²) in [6.45, 7) is 4.29. The number of nitrogens with zero attached hydrogens (tertiary/aromatic N) is 2. The number of carbonyl (C=O) groups is 2. The van der Waals surface area contributed by atoms with Crippen LogP contribution in [-0.4, -0.2) is 89.5 Å². The predicted octanol–water partition coefficient (Wildman–Crippen LogP) is 2.10. The highest BCUT2D eigenvalue weighted by Crippen LogP contribution is 2.44. The average Bonchev–Trinajstić information content (AvgIpc) is 3.25. The van der Waals surface area contributed by atoms with Crippen LogP contribution in [0.15, 0.2) is 0 Å². The number of aliphatic hydroxyl groups is 1. The summed E-state index contributed by atoms with van der Waals surface area (Å²) in [5.74, 6) is 1.60. The Kier molecular flexibility index (Phi) is 7.47. The first-order valence-corrected chi connectivity index (χ1v) is 16.2. The van der Waals surface area contributed by atoms with Gasteiger partial charge in [-0.05, 0) is 95.3 Å². The van der Waals surface area contributed by atoms with Crippen molar-refractivity contribution in [3.63, 3.8) is 0 Å². The van der Waals surface area contributed by atoms with Crippen molar-refractivity contribution in [1.82, 2.24) is 15.1 Å². The van der Waals surface area contributed by atoms with Gasteiger partial charge in [0.1, 0.15) is 9.84 Å². The van der Waals surface area contributed by atoms with Gasteiger partial charge in [-0.3, -0.25) is 9.59 Å². The first kappa shape index (κ1) is 26.4. The molecule has 0 aromatic rings. The number of carbonyl (C=O) groups excluding carboxylic acids is 2. The summed E-state index contributed by atoms with van der Waals surface area (Å²) in [6.07, 6.45) is 10.6. The highest BCUT2D eigenvalue weighted by Gasteiger charge is 2.50. The third-order valence-corrected chi connectivity index (χ3v) is 12.0. The Morgan fingerprint density at radius 1 is 0.861 bits per heavy atom. The molecule has 0 aromatic heterocycles. The Labute approximate surface area is 216 Å². The summed E-state index contributed by atoms with van der Waals surface area (Å²) in [4.78, 5) is 30.7. The highest BCUT2D eigenvalue weighted by molar-refractivity contribution is 7.91. The first-order valence-electron chi connectivity index (χ1n) is 14.2. The monoisotopic (exact) mass is 523 g/mol. The first-order chi connectivity index (χ1) is 17.0. The number of piperazine rings is 1. The van der Waals surface area contributed by atoms with E-state index in [0.717, 1.165) is 70.6 Å². The van der Waals surface area contributed by atoms with Crippen molar-refractivity contribution in [2.75, 3.05) is 12.8 Å². The molecule has 0 aromatic carbocycles. The minimum atomic E-state index is -2.98. The van der Waals surface area contributed by atoms with Crippen molar-refractivity contribution in [2.45, 2.75) is 126 Å². The molecule has 7 unspecified atom stereocenters. The number of sulfone groups is 1. The van der Waals surface area contributed by atoms with Crippen molar-refractivity contribution >= 4 is 21.7 Å². The van der Waals surface area contributed by atoms with Crippen LogP contribution in [0, 0.1) is 17.8 Å². The van der Waals surface area contributed by atoms with Crippen LogP contribution < -0.4 is 5.32 Å². The van der Waals surface area contributed by atoms with E-state index in [9.17, 15) is 23.1 Å². The zero-order valence-corrected chi connectivity index (χ0v) is 23.0. The minimum Gasteiger partial charge on any atom is -0.393 e. The number of aliphatic hydroxyl groups excluding tert-OH is 1. The Morgan fingerprint density at radius 3 is 2.22 bits per heavy atom. The van der Waals surface area contributed by atoms with Gasteiger partial charge in [0, 0.05) is 31.8 Å². The second-order valence-electron chi connectivity index (χ2n) is 12.6. The van der Waals surface area contributed by atoms with Crippen molar-refractivity contribution in [1.29, 1.82) is 0 Å². The third-order valence-electron chi connectivity index (χ3n) is 10.4. The van der Waals surface area contributed by atoms with E-state index in [1.807, 2.05) is 4.90 Å². The summed E-state index contributed by atoms with van der Waals surface area (Å²) in [5.41, 5.74) is 0. The fraction of sp³-hybridized carbons (Fsp3) is 0.926. The maximum absolute atomic E-state index is 14.0. The molecule has 2 heterocycles. The SMILES string of the molecule is CC(=O)N1C2CCC(C3CCC(S(C)(=O)=O)CC3)CC2N(C(=O)C2CC3CC(O)CCC3N2)C[C@@H]1C. The van der Waals surface area contributed by atoms with Gasteiger partial charge >= 0.3 is 0 Å². The predicted molar refractivity (Wildman–Crippen MR) is 138 cm³/mol. The van der Waals surface area contributed by atoms with Gasteiger partial charge in [-0.2, -0.15) is 0 Å². The zero-order valence-electron chi connectivity index (χ0n) is 22.1. The van der Waals surface area contributed by atoms with Crippen LogP contribution >= 0.6 is 0 Å². The molecule has 5 fully saturated rings. The lowest BCUT2D eigenvalue weighted by atomic mass is 9.69. The second kappa shape index (κ2) is 10.2. The number of hydrogen-bond donors (Lipinski definition) is 2. The molecule has 5 rings (SSSR count). The Hall–Kier alpha value is -1.19. The molecule has 204 valence electrons. The molecular weight excluding hydrogens is 478 g/mol. The van der Waals surface area contributed by atoms with E-state index in [2.05, 4.69) is 17.1 Å². The van der Waals surface area contributed by atoms with Crippen molar-refractivity contribution in [2.24, 2.45) is 17.8 Å². The van der Waals surface area contributed by atoms with E-state index in [1.165, 1.54) is 6.26 Å². The van der Waals surface area contributed by atoms with Gasteiger partial charge in [0.05, 0.1) is 29.5 Å². The van der Waals surface area contributed by atoms with Gasteiger partial charge < -0.3 is 20.2 Å². The normalized spacial score (nSPS) is 43.6. The highest BCUT2D eigenvalue weighted by atomic mass is 32.2. The maximum Gasteiger partial charge on any atom is 0.240 e. The van der Waals surface area contributed by atoms with Gasteiger partial charge in [-0.15, -0.1) is 0 Å². The van der Waals surface area contributed by atoms with Crippen molar-refractivity contribution < 1.29 is 23.1 Å². The third kappa shape index (κ3) is 5.08. The smallest absolute Gasteiger partial charge is 0.240 e. The fourth-order valence-electron chi connectivity index (χ4n) is 8.59. The molecule has 9 heteroatoms. The average molecular weight is 524 g/mol. The molecule has 8 nitrogen and oxygen atoms in total. The van der Waals surface area contributed by atoms with E-state index in [-0.39, 0.29) is 47.3 Å². The summed E-state index contributed by atoms with van der Waals surface area (Å²) in [5, 5.41) is 13.5. The van der Waals surface area contributed by atoms with Crippen LogP contribution in [0.25, 0.3) is 0 Å². The standard InChI is InChI=1S/C27H45N3O5S/c1-16-15-29(27(33)24-13-20-12-21(32)7-10-23(20)28-24)26-14-19(6-11-25(26)30(16)17(2)31)18-4-8-22(9-5-18)36(3,34)35/h16,18-26,28,32H,4-15H2,1-3H3/t16-,18?,19?,20?,21?,22?,23?,24?,25?,26?/m0/s1. The lowest BCUT2D eigenvalue weighted by molar-refractivity contribution is -0.155. The molecule has 2 saturated heterocycles. The van der Waals surface area contributed by atoms with E-state index in [0.29, 0.717) is 30.3 Å². The number of amides is 2. The molecular formula is C27H45N3O5S. The molecule has 5 aliphatic rings. The number of nitrogens with one attached hydrogen (secondary N) is 1. The Bertz CT molecular complexity index is 949. The van der Waals surface area contributed by atoms with E-state index < -0.39 is 9.84 Å². The van der Waals surface area contributed by atoms with Crippen LogP contribution in [0.2, 0.25) is 0 Å². The largest absolute Gasteiger partial charge is 0.393 e. The van der Waals surface area contributed by atoms with Crippen LogP contribution in [0.1, 0.15) is 84.5 Å². The summed E-state index contributed by atoms with van der Waals surface area (Å²) >= 11 is 0. The molecule has 0 spiro atoms. The van der Waals surface area contributed by atoms with Gasteiger partial charge in [0.25, 0.3) is 0 Å². The molecule has 2 aliphatic heterocycles. The molecule has 3 saturated carbocycles. The minimum absolute atomic E-state index is 0.0000441. The molecule has 0 radical (unpaired) electrons. The lowest BCUT2D eigenvalue weighted by Crippen LogP contribution is -2.68. The quantitative estimate of drug-likeness (QED) is 0.587. The molecule has 2 N–H and O–H groups in total. The summed E-state index contributed by atoms with van der Waals surface area (Å²) in [7, 11) is -2.98. The zero-order chi connectivity index (χ0) is 25.8. The van der Waals surface area contributed by atoms with Crippen molar-refractivity contribution in [3.8, 4) is 0 Å². The molecule has 8 atom stereocenters. The fourth-order valence-corrected chi connectivity index (χ4v) is 9.72. The summed E-state index contributed by atoms with van der Waals surface area (Å²) < 4.78 is 24.1. The topological polar surface area (TPSA) is 107 Å². The second-order valence-corrected chi connectivity index (χ2v) is 15.0. The number of fused-ring (bicyclic) bond motifs is 2. The number of rotatable bonds is 3. The molecule has 36 heavy (non-hydrogen) atoms. The van der Waals surface area contributed by atoms with E-state index in [4.69, 9.17) is 0 Å². The van der Waals surface area contributed by atoms with Crippen LogP contribution in [0.5, 0.6) is 0 Å². The van der Waals surface area contributed by atoms with Gasteiger partial charge in [0.15, 0.2) is 0 Å². The van der Waals surface area contributed by atoms with Crippen LogP contribution in [0.4, 0.5) is 0 Å².